The van der Waals surface area contributed by atoms with E-state index in [1.54, 1.807) is 18.1 Å². The van der Waals surface area contributed by atoms with Gasteiger partial charge in [-0.3, -0.25) is 4.79 Å². The van der Waals surface area contributed by atoms with Crippen LogP contribution in [-0.4, -0.2) is 42.6 Å². The topological polar surface area (TPSA) is 55.8 Å². The van der Waals surface area contributed by atoms with Crippen LogP contribution < -0.4 is 4.74 Å². The second-order valence-corrected chi connectivity index (χ2v) is 7.29. The Kier molecular flexibility index (Phi) is 5.88. The molecule has 1 heterocycles. The summed E-state index contributed by atoms with van der Waals surface area (Å²) in [4.78, 5) is 25.4. The summed E-state index contributed by atoms with van der Waals surface area (Å²) in [5.41, 5.74) is 2.40. The number of carbonyl (C=O) groups is 2. The molecule has 0 aliphatic carbocycles. The zero-order chi connectivity index (χ0) is 18.6. The molecule has 5 nitrogen and oxygen atoms in total. The van der Waals surface area contributed by atoms with Gasteiger partial charge < -0.3 is 14.4 Å². The third kappa shape index (κ3) is 5.34. The van der Waals surface area contributed by atoms with Crippen molar-refractivity contribution in [3.05, 3.63) is 34.9 Å². The minimum atomic E-state index is -0.470. The van der Waals surface area contributed by atoms with Crippen LogP contribution >= 0.6 is 0 Å². The average molecular weight is 345 g/mol. The van der Waals surface area contributed by atoms with Crippen molar-refractivity contribution in [1.82, 2.24) is 4.90 Å². The molecular weight excluding hydrogens is 318 g/mol. The number of ketones is 1. The summed E-state index contributed by atoms with van der Waals surface area (Å²) in [7, 11) is 1.57. The molecule has 136 valence electrons. The molecule has 1 amide bonds. The molecule has 0 unspecified atom stereocenters. The van der Waals surface area contributed by atoms with E-state index < -0.39 is 5.60 Å². The van der Waals surface area contributed by atoms with Crippen LogP contribution in [0.1, 0.15) is 56.5 Å². The number of methoxy groups -OCH3 is 1. The molecule has 0 bridgehead atoms. The fraction of sp³-hybridized carbons (Fsp3) is 0.500. The molecule has 0 aromatic heterocycles. The molecule has 25 heavy (non-hydrogen) atoms. The second-order valence-electron chi connectivity index (χ2n) is 7.29. The van der Waals surface area contributed by atoms with Gasteiger partial charge in [-0.05, 0) is 58.2 Å². The Morgan fingerprint density at radius 2 is 1.80 bits per heavy atom. The molecule has 0 N–H and O–H groups in total. The summed E-state index contributed by atoms with van der Waals surface area (Å²) in [5.74, 6) is 0.578. The van der Waals surface area contributed by atoms with E-state index in [0.717, 1.165) is 18.4 Å². The van der Waals surface area contributed by atoms with E-state index in [-0.39, 0.29) is 11.9 Å². The Balaban J connectivity index is 2.03. The summed E-state index contributed by atoms with van der Waals surface area (Å²) in [6, 6.07) is 5.60. The van der Waals surface area contributed by atoms with Gasteiger partial charge in [0.2, 0.25) is 0 Å². The number of amides is 1. The van der Waals surface area contributed by atoms with Crippen LogP contribution in [0.3, 0.4) is 0 Å². The van der Waals surface area contributed by atoms with Gasteiger partial charge in [0.25, 0.3) is 0 Å². The quantitative estimate of drug-likeness (QED) is 0.766. The lowest BCUT2D eigenvalue weighted by atomic mass is 10.00. The van der Waals surface area contributed by atoms with E-state index in [1.807, 2.05) is 32.9 Å². The standard InChI is InChI=1S/C20H27NO4/c1-14(22)17-7-6-16(13-18(17)24-5)12-15-8-10-21(11-9-15)19(23)25-20(2,3)4/h6-7,12-13H,8-11H2,1-5H3. The second kappa shape index (κ2) is 7.72. The van der Waals surface area contributed by atoms with Crippen LogP contribution in [-0.2, 0) is 4.74 Å². The summed E-state index contributed by atoms with van der Waals surface area (Å²) in [5, 5.41) is 0. The molecule has 0 atom stereocenters. The number of nitrogens with zero attached hydrogens (tertiary/aromatic N) is 1. The van der Waals surface area contributed by atoms with E-state index in [0.29, 0.717) is 24.4 Å². The SMILES string of the molecule is COc1cc(C=C2CCN(C(=O)OC(C)(C)C)CC2)ccc1C(C)=O. The van der Waals surface area contributed by atoms with Crippen molar-refractivity contribution in [3.8, 4) is 5.75 Å². The van der Waals surface area contributed by atoms with E-state index in [1.165, 1.54) is 12.5 Å². The zero-order valence-corrected chi connectivity index (χ0v) is 15.7. The number of piperidine rings is 1. The van der Waals surface area contributed by atoms with Gasteiger partial charge in [0.1, 0.15) is 11.4 Å². The summed E-state index contributed by atoms with van der Waals surface area (Å²) < 4.78 is 10.7. The maximum absolute atomic E-state index is 12.1. The lowest BCUT2D eigenvalue weighted by Crippen LogP contribution is -2.40. The van der Waals surface area contributed by atoms with Crippen LogP contribution in [0.4, 0.5) is 4.79 Å². The third-order valence-corrected chi connectivity index (χ3v) is 4.03. The van der Waals surface area contributed by atoms with Gasteiger partial charge in [-0.1, -0.05) is 17.7 Å². The number of hydrogen-bond donors (Lipinski definition) is 0. The minimum absolute atomic E-state index is 0.0123. The number of benzene rings is 1. The molecule has 1 aromatic carbocycles. The highest BCUT2D eigenvalue weighted by Gasteiger charge is 2.24. The molecule has 1 aromatic rings. The maximum atomic E-state index is 12.1. The first-order valence-electron chi connectivity index (χ1n) is 8.56. The molecule has 2 rings (SSSR count). The van der Waals surface area contributed by atoms with Gasteiger partial charge in [-0.2, -0.15) is 0 Å². The van der Waals surface area contributed by atoms with E-state index in [9.17, 15) is 9.59 Å². The highest BCUT2D eigenvalue weighted by Crippen LogP contribution is 2.25. The van der Waals surface area contributed by atoms with Crippen molar-refractivity contribution in [3.63, 3.8) is 0 Å². The third-order valence-electron chi connectivity index (χ3n) is 4.03. The number of hydrogen-bond acceptors (Lipinski definition) is 4. The lowest BCUT2D eigenvalue weighted by Gasteiger charge is -2.31. The van der Waals surface area contributed by atoms with Crippen molar-refractivity contribution < 1.29 is 19.1 Å². The monoisotopic (exact) mass is 345 g/mol. The highest BCUT2D eigenvalue weighted by molar-refractivity contribution is 5.97. The van der Waals surface area contributed by atoms with Gasteiger partial charge >= 0.3 is 6.09 Å². The Morgan fingerprint density at radius 3 is 2.32 bits per heavy atom. The molecule has 1 aliphatic heterocycles. The van der Waals surface area contributed by atoms with Crippen molar-refractivity contribution in [2.24, 2.45) is 0 Å². The molecule has 0 spiro atoms. The Morgan fingerprint density at radius 1 is 1.16 bits per heavy atom. The number of ether oxygens (including phenoxy) is 2. The van der Waals surface area contributed by atoms with Crippen molar-refractivity contribution in [2.75, 3.05) is 20.2 Å². The van der Waals surface area contributed by atoms with Gasteiger partial charge in [-0.15, -0.1) is 0 Å². The van der Waals surface area contributed by atoms with Crippen LogP contribution in [0.2, 0.25) is 0 Å². The molecule has 1 fully saturated rings. The number of likely N-dealkylation sites (tertiary alicyclic amines) is 1. The first-order valence-corrected chi connectivity index (χ1v) is 8.56. The molecular formula is C20H27NO4. The van der Waals surface area contributed by atoms with E-state index in [4.69, 9.17) is 9.47 Å². The Bertz CT molecular complexity index is 675. The highest BCUT2D eigenvalue weighted by atomic mass is 16.6. The zero-order valence-electron chi connectivity index (χ0n) is 15.7. The fourth-order valence-electron chi connectivity index (χ4n) is 2.77. The van der Waals surface area contributed by atoms with Crippen LogP contribution in [0, 0.1) is 0 Å². The predicted octanol–water partition coefficient (Wildman–Crippen LogP) is 4.31. The summed E-state index contributed by atoms with van der Waals surface area (Å²) in [6.07, 6.45) is 3.49. The normalized spacial score (nSPS) is 14.9. The van der Waals surface area contributed by atoms with Crippen molar-refractivity contribution in [2.45, 2.75) is 46.1 Å². The molecule has 0 saturated carbocycles. The minimum Gasteiger partial charge on any atom is -0.496 e. The first-order chi connectivity index (χ1) is 11.7. The van der Waals surface area contributed by atoms with Crippen molar-refractivity contribution >= 4 is 18.0 Å². The van der Waals surface area contributed by atoms with Gasteiger partial charge in [-0.25, -0.2) is 4.79 Å². The number of carbonyl (C=O) groups excluding carboxylic acids is 2. The Hall–Kier alpha value is -2.30. The van der Waals surface area contributed by atoms with Crippen LogP contribution in [0.25, 0.3) is 6.08 Å². The largest absolute Gasteiger partial charge is 0.496 e. The van der Waals surface area contributed by atoms with Crippen molar-refractivity contribution in [1.29, 1.82) is 0 Å². The van der Waals surface area contributed by atoms with Gasteiger partial charge in [0.15, 0.2) is 5.78 Å². The number of rotatable bonds is 3. The summed E-state index contributed by atoms with van der Waals surface area (Å²) in [6.45, 7) is 8.46. The molecule has 1 aliphatic rings. The first kappa shape index (κ1) is 19.0. The van der Waals surface area contributed by atoms with Crippen LogP contribution in [0.15, 0.2) is 23.8 Å². The van der Waals surface area contributed by atoms with E-state index in [2.05, 4.69) is 6.08 Å². The summed E-state index contributed by atoms with van der Waals surface area (Å²) >= 11 is 0. The molecule has 0 radical (unpaired) electrons. The maximum Gasteiger partial charge on any atom is 0.410 e. The van der Waals surface area contributed by atoms with Crippen LogP contribution in [0.5, 0.6) is 5.75 Å². The van der Waals surface area contributed by atoms with Gasteiger partial charge in [0.05, 0.1) is 12.7 Å². The Labute approximate surface area is 149 Å². The predicted molar refractivity (Wildman–Crippen MR) is 98.0 cm³/mol. The average Bonchev–Trinajstić information content (AvgIpc) is 2.53. The lowest BCUT2D eigenvalue weighted by molar-refractivity contribution is 0.0237. The molecule has 1 saturated heterocycles. The fourth-order valence-corrected chi connectivity index (χ4v) is 2.77. The smallest absolute Gasteiger partial charge is 0.410 e. The molecule has 5 heteroatoms. The number of Topliss-reactive ketones (excluding diaryl/α,β-unsaturated/α-hetero) is 1. The van der Waals surface area contributed by atoms with E-state index >= 15 is 0 Å². The van der Waals surface area contributed by atoms with Gasteiger partial charge in [0, 0.05) is 13.1 Å².